The molecule has 1 amide bonds. The number of aromatic nitrogens is 1. The quantitative estimate of drug-likeness (QED) is 0.583. The first-order valence-electron chi connectivity index (χ1n) is 6.42. The van der Waals surface area contributed by atoms with Gasteiger partial charge in [0.25, 0.3) is 0 Å². The highest BCUT2D eigenvalue weighted by molar-refractivity contribution is 5.92. The smallest absolute Gasteiger partial charge is 0.325 e. The van der Waals surface area contributed by atoms with Crippen LogP contribution in [0.2, 0.25) is 0 Å². The number of nitrogens with zero attached hydrogens (tertiary/aromatic N) is 1. The third kappa shape index (κ3) is 5.22. The fourth-order valence-electron chi connectivity index (χ4n) is 1.66. The van der Waals surface area contributed by atoms with Crippen LogP contribution >= 0.6 is 0 Å². The topological polar surface area (TPSA) is 66.1 Å². The minimum atomic E-state index is -4.59. The van der Waals surface area contributed by atoms with E-state index in [0.29, 0.717) is 5.69 Å². The summed E-state index contributed by atoms with van der Waals surface area (Å²) in [7, 11) is 0. The molecule has 122 valence electrons. The third-order valence-electron chi connectivity index (χ3n) is 2.64. The second-order valence-corrected chi connectivity index (χ2v) is 4.46. The molecule has 0 spiro atoms. The van der Waals surface area contributed by atoms with Crippen molar-refractivity contribution >= 4 is 17.3 Å². The van der Waals surface area contributed by atoms with Crippen LogP contribution in [0.4, 0.5) is 28.9 Å². The number of benzene rings is 1. The summed E-state index contributed by atoms with van der Waals surface area (Å²) in [6.45, 7) is -0.236. The van der Waals surface area contributed by atoms with Gasteiger partial charge in [-0.05, 0) is 30.3 Å². The Kier molecular flexibility index (Phi) is 5.12. The molecule has 23 heavy (non-hydrogen) atoms. The second-order valence-electron chi connectivity index (χ2n) is 4.46. The minimum absolute atomic E-state index is 0.0233. The zero-order valence-electron chi connectivity index (χ0n) is 11.6. The zero-order chi connectivity index (χ0) is 16.9. The molecule has 1 aromatic heterocycles. The largest absolute Gasteiger partial charge is 0.433 e. The average Bonchev–Trinajstić information content (AvgIpc) is 2.46. The fraction of sp³-hybridized carbons (Fsp3) is 0.143. The van der Waals surface area contributed by atoms with Crippen molar-refractivity contribution in [1.29, 1.82) is 0 Å². The summed E-state index contributed by atoms with van der Waals surface area (Å²) in [5.74, 6) is -1.02. The molecule has 0 radical (unpaired) electrons. The van der Waals surface area contributed by atoms with Gasteiger partial charge < -0.3 is 10.7 Å². The van der Waals surface area contributed by atoms with Crippen molar-refractivity contribution in [1.82, 2.24) is 10.4 Å². The van der Waals surface area contributed by atoms with Gasteiger partial charge in [0.2, 0.25) is 5.91 Å². The second kappa shape index (κ2) is 7.05. The van der Waals surface area contributed by atoms with Crippen LogP contribution in [0.1, 0.15) is 5.69 Å². The number of pyridine rings is 1. The third-order valence-corrected chi connectivity index (χ3v) is 2.64. The molecule has 0 aliphatic carbocycles. The molecular weight excluding hydrogens is 316 g/mol. The van der Waals surface area contributed by atoms with Gasteiger partial charge in [0, 0.05) is 11.9 Å². The molecule has 1 heterocycles. The summed E-state index contributed by atoms with van der Waals surface area (Å²) < 4.78 is 50.4. The lowest BCUT2D eigenvalue weighted by Gasteiger charge is -2.10. The van der Waals surface area contributed by atoms with Crippen LogP contribution in [0.5, 0.6) is 0 Å². The van der Waals surface area contributed by atoms with Crippen LogP contribution in [-0.2, 0) is 11.0 Å². The average molecular weight is 328 g/mol. The van der Waals surface area contributed by atoms with Crippen LogP contribution in [0, 0.1) is 5.82 Å². The first kappa shape index (κ1) is 16.7. The molecule has 2 aromatic rings. The molecule has 0 saturated carbocycles. The highest BCUT2D eigenvalue weighted by Crippen LogP contribution is 2.28. The summed E-state index contributed by atoms with van der Waals surface area (Å²) in [5.41, 5.74) is 4.41. The van der Waals surface area contributed by atoms with E-state index in [-0.39, 0.29) is 12.2 Å². The molecule has 2 rings (SSSR count). The van der Waals surface area contributed by atoms with E-state index in [1.165, 1.54) is 24.3 Å². The number of halogens is 4. The van der Waals surface area contributed by atoms with E-state index in [1.807, 2.05) is 0 Å². The Hall–Kier alpha value is -2.68. The maximum Gasteiger partial charge on any atom is 0.433 e. The molecule has 0 bridgehead atoms. The van der Waals surface area contributed by atoms with Gasteiger partial charge in [-0.1, -0.05) is 6.07 Å². The first-order valence-corrected chi connectivity index (χ1v) is 6.42. The summed E-state index contributed by atoms with van der Waals surface area (Å²) in [4.78, 5) is 14.8. The zero-order valence-corrected chi connectivity index (χ0v) is 11.6. The number of amides is 1. The Labute approximate surface area is 128 Å². The SMILES string of the molecule is O=C(CNNc1cccc(F)c1)Nc1ccnc(C(F)(F)F)c1. The Morgan fingerprint density at radius 1 is 1.13 bits per heavy atom. The van der Waals surface area contributed by atoms with E-state index in [9.17, 15) is 22.4 Å². The Balaban J connectivity index is 1.85. The molecule has 9 heteroatoms. The molecule has 5 nitrogen and oxygen atoms in total. The fourth-order valence-corrected chi connectivity index (χ4v) is 1.66. The summed E-state index contributed by atoms with van der Waals surface area (Å²) in [6, 6.07) is 7.51. The maximum atomic E-state index is 12.9. The van der Waals surface area contributed by atoms with Crippen molar-refractivity contribution in [3.05, 3.63) is 54.1 Å². The minimum Gasteiger partial charge on any atom is -0.325 e. The van der Waals surface area contributed by atoms with Gasteiger partial charge in [0.1, 0.15) is 11.5 Å². The van der Waals surface area contributed by atoms with Gasteiger partial charge >= 0.3 is 6.18 Å². The van der Waals surface area contributed by atoms with Crippen LogP contribution in [-0.4, -0.2) is 17.4 Å². The number of hydrogen-bond acceptors (Lipinski definition) is 4. The summed E-state index contributed by atoms with van der Waals surface area (Å²) in [5, 5.41) is 2.30. The number of anilines is 2. The van der Waals surface area contributed by atoms with Gasteiger partial charge in [-0.3, -0.25) is 9.78 Å². The molecule has 3 N–H and O–H groups in total. The van der Waals surface area contributed by atoms with Gasteiger partial charge in [0.15, 0.2) is 0 Å². The number of rotatable bonds is 5. The van der Waals surface area contributed by atoms with E-state index in [2.05, 4.69) is 21.2 Å². The van der Waals surface area contributed by atoms with E-state index in [0.717, 1.165) is 12.3 Å². The number of hydrazine groups is 1. The van der Waals surface area contributed by atoms with E-state index < -0.39 is 23.6 Å². The lowest BCUT2D eigenvalue weighted by atomic mass is 10.3. The summed E-state index contributed by atoms with van der Waals surface area (Å²) >= 11 is 0. The predicted molar refractivity (Wildman–Crippen MR) is 75.9 cm³/mol. The highest BCUT2D eigenvalue weighted by Gasteiger charge is 2.32. The molecule has 0 saturated heterocycles. The molecule has 0 aliphatic heterocycles. The van der Waals surface area contributed by atoms with Crippen LogP contribution in [0.3, 0.4) is 0 Å². The predicted octanol–water partition coefficient (Wildman–Crippen LogP) is 2.79. The maximum absolute atomic E-state index is 12.9. The number of nitrogens with one attached hydrogen (secondary N) is 3. The van der Waals surface area contributed by atoms with Gasteiger partial charge in [0.05, 0.1) is 12.2 Å². The van der Waals surface area contributed by atoms with E-state index in [1.54, 1.807) is 6.07 Å². The number of carbonyl (C=O) groups is 1. The Bertz CT molecular complexity index is 690. The van der Waals surface area contributed by atoms with Crippen molar-refractivity contribution in [2.24, 2.45) is 0 Å². The van der Waals surface area contributed by atoms with Crippen molar-refractivity contribution in [3.8, 4) is 0 Å². The molecule has 0 fully saturated rings. The lowest BCUT2D eigenvalue weighted by molar-refractivity contribution is -0.141. The van der Waals surface area contributed by atoms with Gasteiger partial charge in [-0.25, -0.2) is 9.82 Å². The molecule has 0 atom stereocenters. The van der Waals surface area contributed by atoms with Crippen molar-refractivity contribution < 1.29 is 22.4 Å². The van der Waals surface area contributed by atoms with Crippen LogP contribution in [0.15, 0.2) is 42.6 Å². The number of alkyl halides is 3. The number of carbonyl (C=O) groups excluding carboxylic acids is 1. The van der Waals surface area contributed by atoms with Crippen LogP contribution < -0.4 is 16.2 Å². The molecule has 1 aromatic carbocycles. The summed E-state index contributed by atoms with van der Waals surface area (Å²) in [6.07, 6.45) is -3.63. The molecule has 0 aliphatic rings. The van der Waals surface area contributed by atoms with Crippen LogP contribution in [0.25, 0.3) is 0 Å². The lowest BCUT2D eigenvalue weighted by Crippen LogP contribution is -2.32. The monoisotopic (exact) mass is 328 g/mol. The van der Waals surface area contributed by atoms with Gasteiger partial charge in [-0.15, -0.1) is 0 Å². The molecule has 0 unspecified atom stereocenters. The first-order chi connectivity index (χ1) is 10.8. The highest BCUT2D eigenvalue weighted by atomic mass is 19.4. The van der Waals surface area contributed by atoms with E-state index in [4.69, 9.17) is 0 Å². The standard InChI is InChI=1S/C14H12F4N4O/c15-9-2-1-3-11(6-9)22-20-8-13(23)21-10-4-5-19-12(7-10)14(16,17)18/h1-7,20,22H,8H2,(H,19,21,23). The van der Waals surface area contributed by atoms with Crippen molar-refractivity contribution in [2.45, 2.75) is 6.18 Å². The Morgan fingerprint density at radius 2 is 1.91 bits per heavy atom. The number of hydrogen-bond donors (Lipinski definition) is 3. The van der Waals surface area contributed by atoms with E-state index >= 15 is 0 Å². The Morgan fingerprint density at radius 3 is 2.61 bits per heavy atom. The normalized spacial score (nSPS) is 11.1. The van der Waals surface area contributed by atoms with Gasteiger partial charge in [-0.2, -0.15) is 13.2 Å². The van der Waals surface area contributed by atoms with Crippen molar-refractivity contribution in [2.75, 3.05) is 17.3 Å². The van der Waals surface area contributed by atoms with Crippen molar-refractivity contribution in [3.63, 3.8) is 0 Å². The molecular formula is C14H12F4N4O.